The second kappa shape index (κ2) is 4.97. The molecule has 0 unspecified atom stereocenters. The molecule has 2 rings (SSSR count). The minimum absolute atomic E-state index is 0.00622. The quantitative estimate of drug-likeness (QED) is 0.860. The maximum Gasteiger partial charge on any atom is 0.330 e. The SMILES string of the molecule is COc1nc(N)nc(Oc2cccc(C#N)c2)n1. The molecule has 0 radical (unpaired) electrons. The first-order valence-electron chi connectivity index (χ1n) is 4.95. The molecule has 2 aromatic rings. The summed E-state index contributed by atoms with van der Waals surface area (Å²) in [5.41, 5.74) is 5.94. The van der Waals surface area contributed by atoms with Gasteiger partial charge in [-0.25, -0.2) is 0 Å². The smallest absolute Gasteiger partial charge is 0.330 e. The van der Waals surface area contributed by atoms with Gasteiger partial charge >= 0.3 is 12.0 Å². The minimum Gasteiger partial charge on any atom is -0.467 e. The van der Waals surface area contributed by atoms with Gasteiger partial charge in [0, 0.05) is 0 Å². The minimum atomic E-state index is -0.00622. The van der Waals surface area contributed by atoms with Crippen molar-refractivity contribution < 1.29 is 9.47 Å². The number of nitrogens with zero attached hydrogens (tertiary/aromatic N) is 4. The fourth-order valence-electron chi connectivity index (χ4n) is 1.22. The molecule has 18 heavy (non-hydrogen) atoms. The van der Waals surface area contributed by atoms with Gasteiger partial charge in [0.1, 0.15) is 5.75 Å². The van der Waals surface area contributed by atoms with Crippen LogP contribution in [0.4, 0.5) is 5.95 Å². The molecule has 0 aliphatic heterocycles. The lowest BCUT2D eigenvalue weighted by Crippen LogP contribution is -2.02. The number of nitrogen functional groups attached to an aromatic ring is 1. The number of rotatable bonds is 3. The summed E-state index contributed by atoms with van der Waals surface area (Å²) in [4.78, 5) is 11.4. The zero-order valence-electron chi connectivity index (χ0n) is 9.49. The van der Waals surface area contributed by atoms with E-state index < -0.39 is 0 Å². The molecule has 7 nitrogen and oxygen atoms in total. The second-order valence-corrected chi connectivity index (χ2v) is 3.20. The summed E-state index contributed by atoms with van der Waals surface area (Å²) in [5, 5.41) is 8.77. The Kier molecular flexibility index (Phi) is 3.20. The van der Waals surface area contributed by atoms with Crippen LogP contribution < -0.4 is 15.2 Å². The lowest BCUT2D eigenvalue weighted by Gasteiger charge is -2.05. The fraction of sp³-hybridized carbons (Fsp3) is 0.0909. The van der Waals surface area contributed by atoms with Gasteiger partial charge in [-0.15, -0.1) is 4.98 Å². The summed E-state index contributed by atoms with van der Waals surface area (Å²) in [6.07, 6.45) is 0. The van der Waals surface area contributed by atoms with Crippen molar-refractivity contribution in [2.24, 2.45) is 0 Å². The number of hydrogen-bond donors (Lipinski definition) is 1. The molecule has 1 aromatic carbocycles. The van der Waals surface area contributed by atoms with Crippen LogP contribution in [0.1, 0.15) is 5.56 Å². The highest BCUT2D eigenvalue weighted by atomic mass is 16.5. The van der Waals surface area contributed by atoms with Crippen molar-refractivity contribution >= 4 is 5.95 Å². The van der Waals surface area contributed by atoms with E-state index in [0.717, 1.165) is 0 Å². The van der Waals surface area contributed by atoms with Crippen molar-refractivity contribution in [3.63, 3.8) is 0 Å². The molecule has 0 fully saturated rings. The van der Waals surface area contributed by atoms with Crippen LogP contribution in [0.2, 0.25) is 0 Å². The van der Waals surface area contributed by atoms with Gasteiger partial charge in [0.25, 0.3) is 0 Å². The van der Waals surface area contributed by atoms with E-state index in [9.17, 15) is 0 Å². The van der Waals surface area contributed by atoms with E-state index in [1.807, 2.05) is 6.07 Å². The summed E-state index contributed by atoms with van der Waals surface area (Å²) in [6.45, 7) is 0. The van der Waals surface area contributed by atoms with Gasteiger partial charge in [-0.3, -0.25) is 0 Å². The van der Waals surface area contributed by atoms with Crippen LogP contribution in [0.25, 0.3) is 0 Å². The number of nitriles is 1. The molecule has 0 spiro atoms. The van der Waals surface area contributed by atoms with E-state index in [1.54, 1.807) is 24.3 Å². The van der Waals surface area contributed by atoms with Crippen LogP contribution in [0.3, 0.4) is 0 Å². The highest BCUT2D eigenvalue weighted by molar-refractivity contribution is 5.37. The topological polar surface area (TPSA) is 107 Å². The summed E-state index contributed by atoms with van der Waals surface area (Å²) in [7, 11) is 1.41. The molecule has 0 saturated carbocycles. The normalized spacial score (nSPS) is 9.56. The first-order valence-corrected chi connectivity index (χ1v) is 4.95. The van der Waals surface area contributed by atoms with Gasteiger partial charge in [0.15, 0.2) is 0 Å². The Hall–Kier alpha value is -2.88. The van der Waals surface area contributed by atoms with E-state index in [0.29, 0.717) is 11.3 Å². The van der Waals surface area contributed by atoms with Gasteiger partial charge in [-0.2, -0.15) is 15.2 Å². The molecular weight excluding hydrogens is 234 g/mol. The Balaban J connectivity index is 2.28. The molecule has 0 saturated heterocycles. The maximum atomic E-state index is 8.77. The average molecular weight is 243 g/mol. The Morgan fingerprint density at radius 2 is 2.00 bits per heavy atom. The molecule has 0 atom stereocenters. The molecule has 7 heteroatoms. The maximum absolute atomic E-state index is 8.77. The van der Waals surface area contributed by atoms with Gasteiger partial charge < -0.3 is 15.2 Å². The number of methoxy groups -OCH3 is 1. The summed E-state index contributed by atoms with van der Waals surface area (Å²) in [6, 6.07) is 8.67. The average Bonchev–Trinajstić information content (AvgIpc) is 2.38. The second-order valence-electron chi connectivity index (χ2n) is 3.20. The number of aromatic nitrogens is 3. The van der Waals surface area contributed by atoms with E-state index >= 15 is 0 Å². The third-order valence-electron chi connectivity index (χ3n) is 1.97. The molecule has 0 aliphatic rings. The standard InChI is InChI=1S/C11H9N5O2/c1-17-10-14-9(13)15-11(16-10)18-8-4-2-3-7(5-8)6-12/h2-5H,1H3,(H2,13,14,15,16). The molecule has 1 heterocycles. The van der Waals surface area contributed by atoms with Gasteiger partial charge in [0.2, 0.25) is 5.95 Å². The predicted molar refractivity (Wildman–Crippen MR) is 62.0 cm³/mol. The highest BCUT2D eigenvalue weighted by Gasteiger charge is 2.07. The monoisotopic (exact) mass is 243 g/mol. The van der Waals surface area contributed by atoms with Crippen LogP contribution in [0, 0.1) is 11.3 Å². The number of ether oxygens (including phenoxy) is 2. The molecule has 0 aliphatic carbocycles. The Labute approximate surface area is 103 Å². The first kappa shape index (κ1) is 11.6. The summed E-state index contributed by atoms with van der Waals surface area (Å²) >= 11 is 0. The van der Waals surface area contributed by atoms with Crippen molar-refractivity contribution in [1.82, 2.24) is 15.0 Å². The third-order valence-corrected chi connectivity index (χ3v) is 1.97. The fourth-order valence-corrected chi connectivity index (χ4v) is 1.22. The zero-order chi connectivity index (χ0) is 13.0. The molecule has 0 bridgehead atoms. The van der Waals surface area contributed by atoms with Crippen LogP contribution in [0.5, 0.6) is 17.8 Å². The van der Waals surface area contributed by atoms with Gasteiger partial charge in [-0.1, -0.05) is 6.07 Å². The Bertz CT molecular complexity index is 609. The highest BCUT2D eigenvalue weighted by Crippen LogP contribution is 2.20. The van der Waals surface area contributed by atoms with Crippen molar-refractivity contribution in [2.45, 2.75) is 0 Å². The van der Waals surface area contributed by atoms with Crippen LogP contribution in [0.15, 0.2) is 24.3 Å². The van der Waals surface area contributed by atoms with E-state index in [4.69, 9.17) is 20.5 Å². The lowest BCUT2D eigenvalue weighted by molar-refractivity contribution is 0.360. The number of hydrogen-bond acceptors (Lipinski definition) is 7. The zero-order valence-corrected chi connectivity index (χ0v) is 9.49. The Morgan fingerprint density at radius 1 is 1.22 bits per heavy atom. The van der Waals surface area contributed by atoms with Gasteiger partial charge in [-0.05, 0) is 18.2 Å². The van der Waals surface area contributed by atoms with E-state index in [2.05, 4.69) is 15.0 Å². The molecule has 0 amide bonds. The van der Waals surface area contributed by atoms with Crippen LogP contribution in [-0.2, 0) is 0 Å². The van der Waals surface area contributed by atoms with E-state index in [-0.39, 0.29) is 18.0 Å². The van der Waals surface area contributed by atoms with Crippen molar-refractivity contribution in [3.05, 3.63) is 29.8 Å². The van der Waals surface area contributed by atoms with E-state index in [1.165, 1.54) is 7.11 Å². The first-order chi connectivity index (χ1) is 8.71. The van der Waals surface area contributed by atoms with Gasteiger partial charge in [0.05, 0.1) is 18.7 Å². The number of nitrogens with two attached hydrogens (primary N) is 1. The summed E-state index contributed by atoms with van der Waals surface area (Å²) < 4.78 is 10.2. The molecule has 90 valence electrons. The number of benzene rings is 1. The van der Waals surface area contributed by atoms with Crippen molar-refractivity contribution in [1.29, 1.82) is 5.26 Å². The van der Waals surface area contributed by atoms with Crippen molar-refractivity contribution in [2.75, 3.05) is 12.8 Å². The molecular formula is C11H9N5O2. The van der Waals surface area contributed by atoms with Crippen LogP contribution >= 0.6 is 0 Å². The summed E-state index contributed by atoms with van der Waals surface area (Å²) in [5.74, 6) is 0.426. The third kappa shape index (κ3) is 2.62. The number of anilines is 1. The van der Waals surface area contributed by atoms with Crippen LogP contribution in [-0.4, -0.2) is 22.1 Å². The van der Waals surface area contributed by atoms with Crippen molar-refractivity contribution in [3.8, 4) is 23.8 Å². The molecule has 2 N–H and O–H groups in total. The lowest BCUT2D eigenvalue weighted by atomic mass is 10.2. The Morgan fingerprint density at radius 3 is 2.72 bits per heavy atom. The largest absolute Gasteiger partial charge is 0.467 e. The predicted octanol–water partition coefficient (Wildman–Crippen LogP) is 1.13. The molecule has 1 aromatic heterocycles.